The Hall–Kier alpha value is -2.16. The summed E-state index contributed by atoms with van der Waals surface area (Å²) in [5, 5.41) is 10.8. The Morgan fingerprint density at radius 1 is 1.50 bits per heavy atom. The number of carbonyl (C=O) groups is 1. The molecule has 0 heterocycles. The standard InChI is InChI=1S/C10H9F2N3O/c1-5(10(14)16)15-9-7(11)2-6(4-13)3-8(9)12/h2-3,5,15H,1H3,(H2,14,16). The van der Waals surface area contributed by atoms with Crippen molar-refractivity contribution in [3.05, 3.63) is 29.3 Å². The molecule has 1 rings (SSSR count). The first-order chi connectivity index (χ1) is 7.45. The van der Waals surface area contributed by atoms with E-state index in [1.165, 1.54) is 6.92 Å². The number of nitrogens with zero attached hydrogens (tertiary/aromatic N) is 1. The first kappa shape index (κ1) is 11.9. The predicted octanol–water partition coefficient (Wildman–Crippen LogP) is 1.12. The lowest BCUT2D eigenvalue weighted by molar-refractivity contribution is -0.118. The molecule has 0 aliphatic heterocycles. The second-order valence-electron chi connectivity index (χ2n) is 3.20. The van der Waals surface area contributed by atoms with Crippen molar-refractivity contribution in [1.82, 2.24) is 0 Å². The molecule has 0 bridgehead atoms. The third-order valence-electron chi connectivity index (χ3n) is 1.96. The molecule has 3 N–H and O–H groups in total. The summed E-state index contributed by atoms with van der Waals surface area (Å²) in [5.74, 6) is -2.61. The van der Waals surface area contributed by atoms with Crippen LogP contribution in [0, 0.1) is 23.0 Å². The van der Waals surface area contributed by atoms with E-state index in [9.17, 15) is 13.6 Å². The van der Waals surface area contributed by atoms with Crippen molar-refractivity contribution in [3.8, 4) is 6.07 Å². The number of amides is 1. The van der Waals surface area contributed by atoms with Crippen LogP contribution in [0.3, 0.4) is 0 Å². The number of primary amides is 1. The maximum atomic E-state index is 13.3. The number of benzene rings is 1. The summed E-state index contributed by atoms with van der Waals surface area (Å²) in [6.45, 7) is 1.37. The topological polar surface area (TPSA) is 78.9 Å². The number of hydrogen-bond donors (Lipinski definition) is 2. The Balaban J connectivity index is 3.07. The lowest BCUT2D eigenvalue weighted by Gasteiger charge is -2.13. The highest BCUT2D eigenvalue weighted by Gasteiger charge is 2.15. The third kappa shape index (κ3) is 2.45. The van der Waals surface area contributed by atoms with E-state index in [0.29, 0.717) is 0 Å². The smallest absolute Gasteiger partial charge is 0.239 e. The molecule has 1 aromatic rings. The minimum absolute atomic E-state index is 0.132. The van der Waals surface area contributed by atoms with Crippen LogP contribution in [0.25, 0.3) is 0 Å². The van der Waals surface area contributed by atoms with E-state index >= 15 is 0 Å². The molecule has 84 valence electrons. The second-order valence-corrected chi connectivity index (χ2v) is 3.20. The molecule has 0 aliphatic carbocycles. The number of nitrogens with two attached hydrogens (primary N) is 1. The molecule has 0 aromatic heterocycles. The van der Waals surface area contributed by atoms with E-state index in [-0.39, 0.29) is 5.56 Å². The number of rotatable bonds is 3. The molecule has 0 spiro atoms. The number of halogens is 2. The molecule has 6 heteroatoms. The van der Waals surface area contributed by atoms with E-state index in [1.807, 2.05) is 0 Å². The van der Waals surface area contributed by atoms with Gasteiger partial charge in [0.2, 0.25) is 5.91 Å². The van der Waals surface area contributed by atoms with Crippen molar-refractivity contribution in [2.75, 3.05) is 5.32 Å². The molecule has 0 saturated heterocycles. The highest BCUT2D eigenvalue weighted by atomic mass is 19.1. The van der Waals surface area contributed by atoms with Gasteiger partial charge in [0.25, 0.3) is 0 Å². The van der Waals surface area contributed by atoms with E-state index in [2.05, 4.69) is 5.32 Å². The van der Waals surface area contributed by atoms with Crippen LogP contribution in [-0.4, -0.2) is 11.9 Å². The van der Waals surface area contributed by atoms with Gasteiger partial charge in [0.15, 0.2) is 11.6 Å². The van der Waals surface area contributed by atoms with Crippen molar-refractivity contribution in [2.45, 2.75) is 13.0 Å². The number of anilines is 1. The van der Waals surface area contributed by atoms with Crippen molar-refractivity contribution in [1.29, 1.82) is 5.26 Å². The second kappa shape index (κ2) is 4.57. The average Bonchev–Trinajstić information content (AvgIpc) is 2.22. The number of hydrogen-bond acceptors (Lipinski definition) is 3. The SMILES string of the molecule is CC(Nc1c(F)cc(C#N)cc1F)C(N)=O. The van der Waals surface area contributed by atoms with Crippen LogP contribution in [0.4, 0.5) is 14.5 Å². The summed E-state index contributed by atoms with van der Waals surface area (Å²) in [6.07, 6.45) is 0. The zero-order valence-electron chi connectivity index (χ0n) is 8.42. The molecule has 0 aliphatic rings. The molecular formula is C10H9F2N3O. The van der Waals surface area contributed by atoms with Gasteiger partial charge in [-0.15, -0.1) is 0 Å². The summed E-state index contributed by atoms with van der Waals surface area (Å²) in [7, 11) is 0. The van der Waals surface area contributed by atoms with Gasteiger partial charge in [-0.05, 0) is 19.1 Å². The maximum absolute atomic E-state index is 13.3. The Morgan fingerprint density at radius 2 is 2.00 bits per heavy atom. The van der Waals surface area contributed by atoms with Gasteiger partial charge in [0, 0.05) is 0 Å². The highest BCUT2D eigenvalue weighted by molar-refractivity contribution is 5.82. The predicted molar refractivity (Wildman–Crippen MR) is 53.4 cm³/mol. The minimum Gasteiger partial charge on any atom is -0.369 e. The maximum Gasteiger partial charge on any atom is 0.239 e. The summed E-state index contributed by atoms with van der Waals surface area (Å²) in [4.78, 5) is 10.7. The largest absolute Gasteiger partial charge is 0.369 e. The van der Waals surface area contributed by atoms with E-state index in [1.54, 1.807) is 6.07 Å². The van der Waals surface area contributed by atoms with Crippen LogP contribution in [0.5, 0.6) is 0 Å². The normalized spacial score (nSPS) is 11.6. The molecule has 1 amide bonds. The van der Waals surface area contributed by atoms with Crippen molar-refractivity contribution in [2.24, 2.45) is 5.73 Å². The van der Waals surface area contributed by atoms with Crippen LogP contribution >= 0.6 is 0 Å². The molecule has 1 aromatic carbocycles. The fourth-order valence-corrected chi connectivity index (χ4v) is 1.06. The number of carbonyl (C=O) groups excluding carboxylic acids is 1. The van der Waals surface area contributed by atoms with Crippen LogP contribution in [0.15, 0.2) is 12.1 Å². The molecule has 0 fully saturated rings. The van der Waals surface area contributed by atoms with E-state index < -0.39 is 29.3 Å². The van der Waals surface area contributed by atoms with E-state index in [0.717, 1.165) is 12.1 Å². The van der Waals surface area contributed by atoms with Gasteiger partial charge in [-0.1, -0.05) is 0 Å². The van der Waals surface area contributed by atoms with Crippen molar-refractivity contribution < 1.29 is 13.6 Å². The highest BCUT2D eigenvalue weighted by Crippen LogP contribution is 2.21. The minimum atomic E-state index is -0.940. The van der Waals surface area contributed by atoms with Gasteiger partial charge in [0.05, 0.1) is 11.6 Å². The molecule has 1 atom stereocenters. The average molecular weight is 225 g/mol. The summed E-state index contributed by atoms with van der Waals surface area (Å²) < 4.78 is 26.6. The van der Waals surface area contributed by atoms with Gasteiger partial charge in [-0.2, -0.15) is 5.26 Å². The van der Waals surface area contributed by atoms with Crippen LogP contribution in [-0.2, 0) is 4.79 Å². The first-order valence-corrected chi connectivity index (χ1v) is 4.40. The molecular weight excluding hydrogens is 216 g/mol. The Kier molecular flexibility index (Phi) is 3.40. The van der Waals surface area contributed by atoms with Gasteiger partial charge < -0.3 is 11.1 Å². The van der Waals surface area contributed by atoms with Gasteiger partial charge in [-0.25, -0.2) is 8.78 Å². The fourth-order valence-electron chi connectivity index (χ4n) is 1.06. The zero-order chi connectivity index (χ0) is 12.3. The summed E-state index contributed by atoms with van der Waals surface area (Å²) in [5.41, 5.74) is 4.34. The number of nitrogens with one attached hydrogen (secondary N) is 1. The van der Waals surface area contributed by atoms with Crippen LogP contribution < -0.4 is 11.1 Å². The zero-order valence-corrected chi connectivity index (χ0v) is 8.42. The summed E-state index contributed by atoms with van der Waals surface area (Å²) >= 11 is 0. The molecule has 16 heavy (non-hydrogen) atoms. The first-order valence-electron chi connectivity index (χ1n) is 4.40. The lowest BCUT2D eigenvalue weighted by atomic mass is 10.2. The Labute approximate surface area is 90.7 Å². The van der Waals surface area contributed by atoms with E-state index in [4.69, 9.17) is 11.0 Å². The van der Waals surface area contributed by atoms with Crippen molar-refractivity contribution in [3.63, 3.8) is 0 Å². The molecule has 0 saturated carbocycles. The van der Waals surface area contributed by atoms with Crippen LogP contribution in [0.1, 0.15) is 12.5 Å². The van der Waals surface area contributed by atoms with Crippen LogP contribution in [0.2, 0.25) is 0 Å². The van der Waals surface area contributed by atoms with Gasteiger partial charge in [-0.3, -0.25) is 4.79 Å². The van der Waals surface area contributed by atoms with Gasteiger partial charge in [0.1, 0.15) is 11.7 Å². The molecule has 4 nitrogen and oxygen atoms in total. The number of nitriles is 1. The summed E-state index contributed by atoms with van der Waals surface area (Å²) in [6, 6.07) is 2.46. The Bertz CT molecular complexity index is 445. The molecule has 1 unspecified atom stereocenters. The molecule has 0 radical (unpaired) electrons. The lowest BCUT2D eigenvalue weighted by Crippen LogP contribution is -2.33. The van der Waals surface area contributed by atoms with Gasteiger partial charge >= 0.3 is 0 Å². The van der Waals surface area contributed by atoms with Crippen molar-refractivity contribution >= 4 is 11.6 Å². The monoisotopic (exact) mass is 225 g/mol. The Morgan fingerprint density at radius 3 is 2.38 bits per heavy atom. The fraction of sp³-hybridized carbons (Fsp3) is 0.200. The quantitative estimate of drug-likeness (QED) is 0.809. The third-order valence-corrected chi connectivity index (χ3v) is 1.96.